The first-order chi connectivity index (χ1) is 13.3. The lowest BCUT2D eigenvalue weighted by Crippen LogP contribution is -2.26. The standard InChI is InChI=1S/C20H14F3NO4/c21-20(22,23)14-8-4-9-15(12-14)24-18(25)17(13-6-2-1-3-7-13)28-19(26)16-10-5-11-27-16/h1-12,17H,(H,24,25)/t17-/m0/s1. The van der Waals surface area contributed by atoms with E-state index in [0.29, 0.717) is 5.56 Å². The number of esters is 1. The Hall–Kier alpha value is -3.55. The number of hydrogen-bond acceptors (Lipinski definition) is 4. The monoisotopic (exact) mass is 389 g/mol. The molecule has 5 nitrogen and oxygen atoms in total. The van der Waals surface area contributed by atoms with Crippen LogP contribution in [-0.2, 0) is 15.7 Å². The summed E-state index contributed by atoms with van der Waals surface area (Å²) in [5.41, 5.74) is -0.629. The molecule has 1 heterocycles. The van der Waals surface area contributed by atoms with Crippen LogP contribution in [0.2, 0.25) is 0 Å². The van der Waals surface area contributed by atoms with Crippen molar-refractivity contribution in [3.05, 3.63) is 89.9 Å². The summed E-state index contributed by atoms with van der Waals surface area (Å²) in [4.78, 5) is 24.9. The molecule has 8 heteroatoms. The van der Waals surface area contributed by atoms with Gasteiger partial charge in [-0.25, -0.2) is 4.79 Å². The molecule has 0 aliphatic carbocycles. The predicted octanol–water partition coefficient (Wildman–Crippen LogP) is 4.84. The topological polar surface area (TPSA) is 68.5 Å². The Labute approximate surface area is 157 Å². The molecule has 1 N–H and O–H groups in total. The zero-order valence-electron chi connectivity index (χ0n) is 14.3. The summed E-state index contributed by atoms with van der Waals surface area (Å²) in [7, 11) is 0. The highest BCUT2D eigenvalue weighted by Crippen LogP contribution is 2.31. The van der Waals surface area contributed by atoms with Crippen LogP contribution >= 0.6 is 0 Å². The third-order valence-electron chi connectivity index (χ3n) is 3.75. The second kappa shape index (κ2) is 7.99. The van der Waals surface area contributed by atoms with Crippen LogP contribution in [-0.4, -0.2) is 11.9 Å². The molecule has 0 radical (unpaired) electrons. The molecule has 1 atom stereocenters. The third-order valence-corrected chi connectivity index (χ3v) is 3.75. The van der Waals surface area contributed by atoms with E-state index < -0.39 is 29.7 Å². The first-order valence-corrected chi connectivity index (χ1v) is 8.12. The van der Waals surface area contributed by atoms with Crippen LogP contribution < -0.4 is 5.32 Å². The molecule has 0 spiro atoms. The van der Waals surface area contributed by atoms with Crippen molar-refractivity contribution in [3.8, 4) is 0 Å². The van der Waals surface area contributed by atoms with Gasteiger partial charge in [0.05, 0.1) is 11.8 Å². The van der Waals surface area contributed by atoms with Crippen molar-refractivity contribution in [3.63, 3.8) is 0 Å². The zero-order chi connectivity index (χ0) is 20.1. The van der Waals surface area contributed by atoms with Gasteiger partial charge in [0.1, 0.15) is 0 Å². The number of hydrogen-bond donors (Lipinski definition) is 1. The van der Waals surface area contributed by atoms with E-state index in [0.717, 1.165) is 12.1 Å². The first-order valence-electron chi connectivity index (χ1n) is 8.12. The second-order valence-corrected chi connectivity index (χ2v) is 5.74. The van der Waals surface area contributed by atoms with Crippen LogP contribution in [0.15, 0.2) is 77.4 Å². The lowest BCUT2D eigenvalue weighted by atomic mass is 10.1. The molecule has 1 aromatic heterocycles. The first kappa shape index (κ1) is 19.2. The summed E-state index contributed by atoms with van der Waals surface area (Å²) in [6.45, 7) is 0. The van der Waals surface area contributed by atoms with Crippen LogP contribution in [0, 0.1) is 0 Å². The van der Waals surface area contributed by atoms with Gasteiger partial charge in [-0.05, 0) is 30.3 Å². The van der Waals surface area contributed by atoms with Crippen molar-refractivity contribution in [2.75, 3.05) is 5.32 Å². The minimum Gasteiger partial charge on any atom is -0.457 e. The molecule has 0 fully saturated rings. The van der Waals surface area contributed by atoms with Crippen LogP contribution in [0.25, 0.3) is 0 Å². The van der Waals surface area contributed by atoms with E-state index in [1.54, 1.807) is 30.3 Å². The average molecular weight is 389 g/mol. The van der Waals surface area contributed by atoms with Gasteiger partial charge in [-0.2, -0.15) is 13.2 Å². The van der Waals surface area contributed by atoms with E-state index in [-0.39, 0.29) is 11.4 Å². The van der Waals surface area contributed by atoms with Gasteiger partial charge in [-0.3, -0.25) is 4.79 Å². The van der Waals surface area contributed by atoms with Crippen molar-refractivity contribution >= 4 is 17.6 Å². The summed E-state index contributed by atoms with van der Waals surface area (Å²) in [6.07, 6.45) is -4.66. The highest BCUT2D eigenvalue weighted by Gasteiger charge is 2.31. The van der Waals surface area contributed by atoms with Gasteiger partial charge in [0.2, 0.25) is 11.9 Å². The zero-order valence-corrected chi connectivity index (χ0v) is 14.3. The predicted molar refractivity (Wildman–Crippen MR) is 93.4 cm³/mol. The molecule has 0 bridgehead atoms. The van der Waals surface area contributed by atoms with E-state index in [4.69, 9.17) is 9.15 Å². The summed E-state index contributed by atoms with van der Waals surface area (Å²) in [6, 6.07) is 15.1. The molecular formula is C20H14F3NO4. The molecular weight excluding hydrogens is 375 g/mol. The maximum atomic E-state index is 12.9. The molecule has 3 aromatic rings. The molecule has 0 unspecified atom stereocenters. The Morgan fingerprint density at radius 1 is 0.964 bits per heavy atom. The molecule has 3 rings (SSSR count). The Kier molecular flexibility index (Phi) is 5.49. The van der Waals surface area contributed by atoms with Gasteiger partial charge in [0.25, 0.3) is 5.91 Å². The van der Waals surface area contributed by atoms with Gasteiger partial charge < -0.3 is 14.5 Å². The van der Waals surface area contributed by atoms with Crippen LogP contribution in [0.3, 0.4) is 0 Å². The van der Waals surface area contributed by atoms with Crippen molar-refractivity contribution in [1.82, 2.24) is 0 Å². The number of ether oxygens (including phenoxy) is 1. The van der Waals surface area contributed by atoms with E-state index in [2.05, 4.69) is 5.32 Å². The number of benzene rings is 2. The minimum atomic E-state index is -4.55. The molecule has 28 heavy (non-hydrogen) atoms. The number of carbonyl (C=O) groups is 2. The number of carbonyl (C=O) groups excluding carboxylic acids is 2. The van der Waals surface area contributed by atoms with Gasteiger partial charge in [-0.1, -0.05) is 36.4 Å². The molecule has 144 valence electrons. The van der Waals surface area contributed by atoms with E-state index >= 15 is 0 Å². The van der Waals surface area contributed by atoms with E-state index in [1.165, 1.54) is 30.5 Å². The smallest absolute Gasteiger partial charge is 0.416 e. The molecule has 2 aromatic carbocycles. The summed E-state index contributed by atoms with van der Waals surface area (Å²) < 4.78 is 48.8. The van der Waals surface area contributed by atoms with Gasteiger partial charge in [-0.15, -0.1) is 0 Å². The molecule has 0 saturated carbocycles. The average Bonchev–Trinajstić information content (AvgIpc) is 3.21. The number of anilines is 1. The Bertz CT molecular complexity index is 953. The van der Waals surface area contributed by atoms with Gasteiger partial charge in [0, 0.05) is 11.3 Å². The minimum absolute atomic E-state index is 0.0743. The number of amides is 1. The number of rotatable bonds is 5. The van der Waals surface area contributed by atoms with Crippen molar-refractivity contribution in [1.29, 1.82) is 0 Å². The summed E-state index contributed by atoms with van der Waals surface area (Å²) in [5, 5.41) is 2.36. The van der Waals surface area contributed by atoms with Gasteiger partial charge >= 0.3 is 12.1 Å². The largest absolute Gasteiger partial charge is 0.457 e. The van der Waals surface area contributed by atoms with Crippen molar-refractivity contribution in [2.24, 2.45) is 0 Å². The Morgan fingerprint density at radius 2 is 1.71 bits per heavy atom. The fourth-order valence-corrected chi connectivity index (χ4v) is 2.44. The number of halogens is 3. The number of furan rings is 1. The second-order valence-electron chi connectivity index (χ2n) is 5.74. The highest BCUT2D eigenvalue weighted by atomic mass is 19.4. The van der Waals surface area contributed by atoms with E-state index in [1.807, 2.05) is 0 Å². The molecule has 0 saturated heterocycles. The Morgan fingerprint density at radius 3 is 2.36 bits per heavy atom. The molecule has 0 aliphatic heterocycles. The van der Waals surface area contributed by atoms with Crippen LogP contribution in [0.5, 0.6) is 0 Å². The molecule has 1 amide bonds. The Balaban J connectivity index is 1.84. The quantitative estimate of drug-likeness (QED) is 0.635. The lowest BCUT2D eigenvalue weighted by molar-refractivity contribution is -0.137. The maximum Gasteiger partial charge on any atom is 0.416 e. The number of nitrogens with one attached hydrogen (secondary N) is 1. The van der Waals surface area contributed by atoms with Crippen LogP contribution in [0.4, 0.5) is 18.9 Å². The van der Waals surface area contributed by atoms with E-state index in [9.17, 15) is 22.8 Å². The molecule has 0 aliphatic rings. The maximum absolute atomic E-state index is 12.9. The summed E-state index contributed by atoms with van der Waals surface area (Å²) in [5.74, 6) is -1.78. The number of alkyl halides is 3. The highest BCUT2D eigenvalue weighted by molar-refractivity contribution is 5.97. The SMILES string of the molecule is O=C(O[C@H](C(=O)Nc1cccc(C(F)(F)F)c1)c1ccccc1)c1ccco1. The fraction of sp³-hybridized carbons (Fsp3) is 0.100. The van der Waals surface area contributed by atoms with Gasteiger partial charge in [0.15, 0.2) is 0 Å². The third kappa shape index (κ3) is 4.59. The summed E-state index contributed by atoms with van der Waals surface area (Å²) >= 11 is 0. The van der Waals surface area contributed by atoms with Crippen molar-refractivity contribution in [2.45, 2.75) is 12.3 Å². The lowest BCUT2D eigenvalue weighted by Gasteiger charge is -2.18. The fourth-order valence-electron chi connectivity index (χ4n) is 2.44. The van der Waals surface area contributed by atoms with Crippen molar-refractivity contribution < 1.29 is 31.9 Å². The normalized spacial score (nSPS) is 12.2. The van der Waals surface area contributed by atoms with Crippen LogP contribution in [0.1, 0.15) is 27.8 Å².